The highest BCUT2D eigenvalue weighted by Gasteiger charge is 2.02. The van der Waals surface area contributed by atoms with Gasteiger partial charge in [0.25, 0.3) is 0 Å². The Labute approximate surface area is 88.2 Å². The summed E-state index contributed by atoms with van der Waals surface area (Å²) in [5.74, 6) is 9.72. The fourth-order valence-electron chi connectivity index (χ4n) is 0.798. The molecule has 0 aliphatic carbocycles. The number of azo groups is 2. The van der Waals surface area contributed by atoms with Crippen LogP contribution in [-0.2, 0) is 0 Å². The molecule has 0 amide bonds. The predicted octanol–water partition coefficient (Wildman–Crippen LogP) is 1.21. The molecule has 15 heavy (non-hydrogen) atoms. The van der Waals surface area contributed by atoms with Gasteiger partial charge < -0.3 is 11.7 Å². The lowest BCUT2D eigenvalue weighted by atomic mass is 10.2. The van der Waals surface area contributed by atoms with Crippen LogP contribution in [0.3, 0.4) is 0 Å². The molecule has 8 heteroatoms. The van der Waals surface area contributed by atoms with Gasteiger partial charge in [-0.15, -0.1) is 10.2 Å². The fraction of sp³-hybridized carbons (Fsp3) is 0.714. The highest BCUT2D eigenvalue weighted by Crippen LogP contribution is 2.06. The summed E-state index contributed by atoms with van der Waals surface area (Å²) >= 11 is 0. The monoisotopic (exact) mass is 212 g/mol. The highest BCUT2D eigenvalue weighted by atomic mass is 15.3. The minimum Gasteiger partial charge on any atom is -0.322 e. The molecule has 0 atom stereocenters. The second-order valence-corrected chi connectivity index (χ2v) is 2.61. The van der Waals surface area contributed by atoms with Gasteiger partial charge in [-0.1, -0.05) is 13.3 Å². The van der Waals surface area contributed by atoms with Crippen molar-refractivity contribution in [2.24, 2.45) is 42.3 Å². The smallest absolute Gasteiger partial charge is 0.181 e. The molecule has 0 saturated heterocycles. The molecular formula is C7H16N8. The number of nitrogens with two attached hydrogens (primary N) is 2. The Morgan fingerprint density at radius 2 is 1.60 bits per heavy atom. The Balaban J connectivity index is 4.16. The lowest BCUT2D eigenvalue weighted by Crippen LogP contribution is -1.99. The molecule has 4 N–H and O–H groups in total. The van der Waals surface area contributed by atoms with Crippen LogP contribution in [0.25, 0.3) is 0 Å². The number of nitrogens with zero attached hydrogens (tertiary/aromatic N) is 6. The van der Waals surface area contributed by atoms with Crippen LogP contribution in [0.4, 0.5) is 0 Å². The van der Waals surface area contributed by atoms with Crippen molar-refractivity contribution in [3.05, 3.63) is 0 Å². The van der Waals surface area contributed by atoms with Crippen molar-refractivity contribution in [2.75, 3.05) is 0 Å². The molecule has 8 nitrogen and oxygen atoms in total. The Kier molecular flexibility index (Phi) is 8.95. The highest BCUT2D eigenvalue weighted by molar-refractivity contribution is 5.54. The Morgan fingerprint density at radius 1 is 1.07 bits per heavy atom. The van der Waals surface area contributed by atoms with Gasteiger partial charge in [0.05, 0.1) is 0 Å². The van der Waals surface area contributed by atoms with Gasteiger partial charge in [-0.3, -0.25) is 0 Å². The van der Waals surface area contributed by atoms with E-state index >= 15 is 0 Å². The van der Waals surface area contributed by atoms with Crippen molar-refractivity contribution in [1.29, 1.82) is 0 Å². The van der Waals surface area contributed by atoms with Crippen LogP contribution in [0.15, 0.2) is 30.7 Å². The normalized spacial score (nSPS) is 15.0. The van der Waals surface area contributed by atoms with Crippen molar-refractivity contribution in [1.82, 2.24) is 0 Å². The molecule has 0 fully saturated rings. The van der Waals surface area contributed by atoms with Gasteiger partial charge in [-0.25, -0.2) is 0 Å². The maximum atomic E-state index is 4.86. The summed E-state index contributed by atoms with van der Waals surface area (Å²) in [7, 11) is 0. The van der Waals surface area contributed by atoms with Crippen molar-refractivity contribution >= 4 is 12.7 Å². The van der Waals surface area contributed by atoms with E-state index in [0.29, 0.717) is 0 Å². The fourth-order valence-corrected chi connectivity index (χ4v) is 0.798. The van der Waals surface area contributed by atoms with Crippen LogP contribution in [0.5, 0.6) is 0 Å². The third kappa shape index (κ3) is 8.47. The minimum atomic E-state index is -0.332. The first-order chi connectivity index (χ1) is 7.35. The van der Waals surface area contributed by atoms with E-state index in [4.69, 9.17) is 11.7 Å². The zero-order valence-corrected chi connectivity index (χ0v) is 8.69. The number of rotatable bonds is 7. The van der Waals surface area contributed by atoms with Gasteiger partial charge in [-0.2, -0.15) is 20.4 Å². The Morgan fingerprint density at radius 3 is 2.00 bits per heavy atom. The molecule has 0 bridgehead atoms. The first-order valence-electron chi connectivity index (χ1n) is 4.58. The van der Waals surface area contributed by atoms with E-state index in [0.717, 1.165) is 31.9 Å². The lowest BCUT2D eigenvalue weighted by molar-refractivity contribution is 0.564. The van der Waals surface area contributed by atoms with Crippen LogP contribution in [-0.4, -0.2) is 18.8 Å². The van der Waals surface area contributed by atoms with E-state index in [1.165, 1.54) is 0 Å². The second kappa shape index (κ2) is 10.2. The number of hydrogen-bond donors (Lipinski definition) is 2. The molecule has 0 aromatic rings. The molecule has 0 unspecified atom stereocenters. The summed E-state index contributed by atoms with van der Waals surface area (Å²) in [5.41, 5.74) is 0. The minimum absolute atomic E-state index is 0.332. The third-order valence-corrected chi connectivity index (χ3v) is 1.45. The standard InChI is InChI=1S/C7H16N8/c1-2-3-4-7(14-12-5-10-8)15-13-6-11-9/h5-7H,2-4,8-9H2,1H3. The van der Waals surface area contributed by atoms with E-state index in [1.54, 1.807) is 0 Å². The van der Waals surface area contributed by atoms with Gasteiger partial charge in [0.2, 0.25) is 0 Å². The van der Waals surface area contributed by atoms with Gasteiger partial charge in [0.15, 0.2) is 18.8 Å². The zero-order chi connectivity index (χ0) is 11.4. The summed E-state index contributed by atoms with van der Waals surface area (Å²) in [6.07, 6.45) is 4.76. The molecule has 0 heterocycles. The summed E-state index contributed by atoms with van der Waals surface area (Å²) in [5, 5.41) is 21.3. The largest absolute Gasteiger partial charge is 0.322 e. The average Bonchev–Trinajstić information content (AvgIpc) is 2.25. The molecule has 0 aliphatic heterocycles. The SMILES string of the molecule is CCCCC(N=NC=NN)N=NC=NN. The summed E-state index contributed by atoms with van der Waals surface area (Å²) in [6.45, 7) is 2.08. The van der Waals surface area contributed by atoms with Crippen LogP contribution in [0, 0.1) is 0 Å². The summed E-state index contributed by atoms with van der Waals surface area (Å²) < 4.78 is 0. The molecule has 0 aromatic carbocycles. The molecule has 0 rings (SSSR count). The molecule has 0 spiro atoms. The van der Waals surface area contributed by atoms with Gasteiger partial charge in [0.1, 0.15) is 0 Å². The van der Waals surface area contributed by atoms with E-state index in [9.17, 15) is 0 Å². The average molecular weight is 212 g/mol. The maximum Gasteiger partial charge on any atom is 0.181 e. The van der Waals surface area contributed by atoms with Gasteiger partial charge >= 0.3 is 0 Å². The number of unbranched alkanes of at least 4 members (excludes halogenated alkanes) is 1. The first-order valence-corrected chi connectivity index (χ1v) is 4.58. The van der Waals surface area contributed by atoms with Crippen LogP contribution < -0.4 is 11.7 Å². The van der Waals surface area contributed by atoms with Gasteiger partial charge in [0, 0.05) is 0 Å². The zero-order valence-electron chi connectivity index (χ0n) is 8.69. The lowest BCUT2D eigenvalue weighted by Gasteiger charge is -2.01. The molecule has 84 valence electrons. The summed E-state index contributed by atoms with van der Waals surface area (Å²) in [4.78, 5) is 0. The van der Waals surface area contributed by atoms with Crippen molar-refractivity contribution < 1.29 is 0 Å². The van der Waals surface area contributed by atoms with E-state index in [-0.39, 0.29) is 6.17 Å². The van der Waals surface area contributed by atoms with Gasteiger partial charge in [-0.05, 0) is 12.8 Å². The third-order valence-electron chi connectivity index (χ3n) is 1.45. The van der Waals surface area contributed by atoms with Crippen LogP contribution in [0.1, 0.15) is 26.2 Å². The predicted molar refractivity (Wildman–Crippen MR) is 58.4 cm³/mol. The van der Waals surface area contributed by atoms with Crippen molar-refractivity contribution in [2.45, 2.75) is 32.4 Å². The van der Waals surface area contributed by atoms with Crippen molar-refractivity contribution in [3.8, 4) is 0 Å². The van der Waals surface area contributed by atoms with E-state index in [2.05, 4.69) is 37.6 Å². The Bertz CT molecular complexity index is 221. The Hall–Kier alpha value is -1.86. The number of hydrazone groups is 2. The number of hydrogen-bond acceptors (Lipinski definition) is 6. The quantitative estimate of drug-likeness (QED) is 0.216. The van der Waals surface area contributed by atoms with E-state index in [1.807, 2.05) is 0 Å². The molecule has 0 radical (unpaired) electrons. The molecule has 0 aromatic heterocycles. The summed E-state index contributed by atoms with van der Waals surface area (Å²) in [6, 6.07) is 0. The second-order valence-electron chi connectivity index (χ2n) is 2.61. The topological polar surface area (TPSA) is 126 Å². The molecular weight excluding hydrogens is 196 g/mol. The molecule has 0 saturated carbocycles. The van der Waals surface area contributed by atoms with Crippen LogP contribution >= 0.6 is 0 Å². The maximum absolute atomic E-state index is 4.86. The first kappa shape index (κ1) is 13.1. The van der Waals surface area contributed by atoms with E-state index < -0.39 is 0 Å². The molecule has 0 aliphatic rings. The van der Waals surface area contributed by atoms with Crippen LogP contribution in [0.2, 0.25) is 0 Å². The van der Waals surface area contributed by atoms with Crippen molar-refractivity contribution in [3.63, 3.8) is 0 Å².